The van der Waals surface area contributed by atoms with Gasteiger partial charge >= 0.3 is 5.97 Å². The molecule has 5 rings (SSSR count). The number of carbonyl (C=O) groups excluding carboxylic acids is 1. The number of pyridine rings is 1. The van der Waals surface area contributed by atoms with Crippen molar-refractivity contribution in [2.75, 3.05) is 0 Å². The molecule has 1 unspecified atom stereocenters. The minimum Gasteiger partial charge on any atom is -0.481 e. The Morgan fingerprint density at radius 2 is 1.66 bits per heavy atom. The van der Waals surface area contributed by atoms with Crippen molar-refractivity contribution in [3.63, 3.8) is 0 Å². The molecule has 0 saturated heterocycles. The summed E-state index contributed by atoms with van der Waals surface area (Å²) >= 11 is 12.8. The number of benzene rings is 3. The lowest BCUT2D eigenvalue weighted by molar-refractivity contribution is -0.137. The second-order valence-electron chi connectivity index (χ2n) is 9.24. The summed E-state index contributed by atoms with van der Waals surface area (Å²) in [7, 11) is 0. The number of amides is 1. The molecule has 1 aliphatic heterocycles. The number of hydrogen-bond donors (Lipinski definition) is 1. The average molecular weight is 546 g/mol. The van der Waals surface area contributed by atoms with Crippen molar-refractivity contribution in [2.24, 2.45) is 5.10 Å². The molecular weight excluding hydrogens is 521 g/mol. The minimum atomic E-state index is -0.934. The van der Waals surface area contributed by atoms with Gasteiger partial charge in [-0.15, -0.1) is 0 Å². The number of aromatic nitrogens is 1. The fourth-order valence-corrected chi connectivity index (χ4v) is 5.38. The number of halogens is 2. The second kappa shape index (κ2) is 10.9. The highest BCUT2D eigenvalue weighted by molar-refractivity contribution is 6.31. The molecule has 1 N–H and O–H groups in total. The standard InChI is InChI=1S/C30H25Cl2N3O3/c1-18-29(30(19-13-15-20(31)16-14-19)22-8-3-5-10-24(22)33-18)25-17-26(21-7-2-4-9-23(21)32)35(34-25)27(36)11-6-12-28(37)38/h2-5,7-10,13-16,26H,6,11-12,17H2,1H3,(H,37,38). The van der Waals surface area contributed by atoms with Gasteiger partial charge in [-0.05, 0) is 48.7 Å². The number of aryl methyl sites for hydroxylation is 1. The predicted molar refractivity (Wildman–Crippen MR) is 151 cm³/mol. The normalized spacial score (nSPS) is 15.1. The molecule has 192 valence electrons. The maximum atomic E-state index is 13.3. The van der Waals surface area contributed by atoms with Crippen LogP contribution >= 0.6 is 23.2 Å². The van der Waals surface area contributed by atoms with E-state index in [1.807, 2.05) is 73.7 Å². The Bertz CT molecular complexity index is 1570. The molecule has 4 aromatic rings. The Labute approximate surface area is 230 Å². The third-order valence-electron chi connectivity index (χ3n) is 6.71. The number of fused-ring (bicyclic) bond motifs is 1. The van der Waals surface area contributed by atoms with Crippen LogP contribution in [0.15, 0.2) is 77.9 Å². The Morgan fingerprint density at radius 1 is 0.947 bits per heavy atom. The molecule has 1 atom stereocenters. The van der Waals surface area contributed by atoms with E-state index < -0.39 is 12.0 Å². The Hall–Kier alpha value is -3.74. The van der Waals surface area contributed by atoms with Gasteiger partial charge in [-0.25, -0.2) is 5.01 Å². The first kappa shape index (κ1) is 25.9. The number of nitrogens with zero attached hydrogens (tertiary/aromatic N) is 3. The number of carboxylic acid groups (broad SMARTS) is 1. The first-order chi connectivity index (χ1) is 18.3. The molecule has 38 heavy (non-hydrogen) atoms. The number of carbonyl (C=O) groups is 2. The van der Waals surface area contributed by atoms with Gasteiger partial charge in [-0.2, -0.15) is 5.10 Å². The third-order valence-corrected chi connectivity index (χ3v) is 7.30. The predicted octanol–water partition coefficient (Wildman–Crippen LogP) is 7.45. The quantitative estimate of drug-likeness (QED) is 0.261. The molecule has 6 nitrogen and oxygen atoms in total. The van der Waals surface area contributed by atoms with Gasteiger partial charge in [0.05, 0.1) is 17.3 Å². The van der Waals surface area contributed by atoms with Gasteiger partial charge in [0.1, 0.15) is 0 Å². The van der Waals surface area contributed by atoms with Crippen LogP contribution in [0.3, 0.4) is 0 Å². The van der Waals surface area contributed by atoms with Gasteiger partial charge in [0.15, 0.2) is 0 Å². The zero-order chi connectivity index (χ0) is 26.8. The van der Waals surface area contributed by atoms with Crippen LogP contribution in [0.1, 0.15) is 48.5 Å². The summed E-state index contributed by atoms with van der Waals surface area (Å²) in [5.74, 6) is -1.18. The molecule has 1 aromatic heterocycles. The van der Waals surface area contributed by atoms with Gasteiger partial charge in [-0.1, -0.05) is 71.7 Å². The summed E-state index contributed by atoms with van der Waals surface area (Å²) in [6.07, 6.45) is 0.664. The van der Waals surface area contributed by atoms with Crippen molar-refractivity contribution >= 4 is 51.7 Å². The van der Waals surface area contributed by atoms with Crippen LogP contribution in [-0.2, 0) is 9.59 Å². The molecule has 1 aliphatic rings. The smallest absolute Gasteiger partial charge is 0.303 e. The molecule has 0 bridgehead atoms. The van der Waals surface area contributed by atoms with Crippen LogP contribution in [0.5, 0.6) is 0 Å². The summed E-state index contributed by atoms with van der Waals surface area (Å²) < 4.78 is 0. The molecule has 8 heteroatoms. The van der Waals surface area contributed by atoms with E-state index in [0.29, 0.717) is 16.5 Å². The number of aliphatic carboxylic acids is 1. The lowest BCUT2D eigenvalue weighted by Crippen LogP contribution is -2.27. The maximum Gasteiger partial charge on any atom is 0.303 e. The summed E-state index contributed by atoms with van der Waals surface area (Å²) in [5, 5.41) is 17.5. The topological polar surface area (TPSA) is 82.9 Å². The fraction of sp³-hybridized carbons (Fsp3) is 0.200. The highest BCUT2D eigenvalue weighted by Gasteiger charge is 2.35. The number of rotatable bonds is 7. The first-order valence-corrected chi connectivity index (χ1v) is 13.1. The molecule has 0 fully saturated rings. The molecule has 3 aromatic carbocycles. The average Bonchev–Trinajstić information content (AvgIpc) is 3.33. The van der Waals surface area contributed by atoms with E-state index in [4.69, 9.17) is 38.4 Å². The van der Waals surface area contributed by atoms with E-state index in [-0.39, 0.29) is 25.2 Å². The molecule has 0 spiro atoms. The fourth-order valence-electron chi connectivity index (χ4n) is 4.99. The zero-order valence-corrected chi connectivity index (χ0v) is 22.2. The lowest BCUT2D eigenvalue weighted by Gasteiger charge is -2.23. The highest BCUT2D eigenvalue weighted by Crippen LogP contribution is 2.41. The summed E-state index contributed by atoms with van der Waals surface area (Å²) in [6.45, 7) is 1.95. The summed E-state index contributed by atoms with van der Waals surface area (Å²) in [5.41, 5.74) is 5.98. The molecular formula is C30H25Cl2N3O3. The van der Waals surface area contributed by atoms with E-state index in [9.17, 15) is 9.59 Å². The highest BCUT2D eigenvalue weighted by atomic mass is 35.5. The van der Waals surface area contributed by atoms with E-state index in [0.717, 1.165) is 44.6 Å². The van der Waals surface area contributed by atoms with Gasteiger partial charge < -0.3 is 5.11 Å². The Balaban J connectivity index is 1.65. The second-order valence-corrected chi connectivity index (χ2v) is 10.1. The van der Waals surface area contributed by atoms with Gasteiger partial charge in [0.2, 0.25) is 5.91 Å². The first-order valence-electron chi connectivity index (χ1n) is 12.3. The van der Waals surface area contributed by atoms with Crippen LogP contribution in [0.25, 0.3) is 22.0 Å². The zero-order valence-electron chi connectivity index (χ0n) is 20.7. The third kappa shape index (κ3) is 5.15. The monoisotopic (exact) mass is 545 g/mol. The largest absolute Gasteiger partial charge is 0.481 e. The van der Waals surface area contributed by atoms with Crippen LogP contribution < -0.4 is 0 Å². The Kier molecular flexibility index (Phi) is 7.45. The van der Waals surface area contributed by atoms with E-state index in [2.05, 4.69) is 0 Å². The van der Waals surface area contributed by atoms with Crippen LogP contribution in [-0.4, -0.2) is 32.7 Å². The van der Waals surface area contributed by atoms with E-state index in [1.54, 1.807) is 6.07 Å². The van der Waals surface area contributed by atoms with Crippen molar-refractivity contribution in [3.05, 3.63) is 99.7 Å². The summed E-state index contributed by atoms with van der Waals surface area (Å²) in [4.78, 5) is 29.2. The van der Waals surface area contributed by atoms with Gasteiger partial charge in [0, 0.05) is 51.5 Å². The molecule has 2 heterocycles. The molecule has 0 radical (unpaired) electrons. The van der Waals surface area contributed by atoms with Crippen molar-refractivity contribution in [1.82, 2.24) is 9.99 Å². The molecule has 1 amide bonds. The van der Waals surface area contributed by atoms with Crippen molar-refractivity contribution in [3.8, 4) is 11.1 Å². The van der Waals surface area contributed by atoms with Crippen LogP contribution in [0, 0.1) is 6.92 Å². The van der Waals surface area contributed by atoms with Gasteiger partial charge in [0.25, 0.3) is 0 Å². The number of hydrogen-bond acceptors (Lipinski definition) is 4. The van der Waals surface area contributed by atoms with Crippen molar-refractivity contribution < 1.29 is 14.7 Å². The Morgan fingerprint density at radius 3 is 2.39 bits per heavy atom. The van der Waals surface area contributed by atoms with Crippen LogP contribution in [0.4, 0.5) is 0 Å². The molecule has 0 saturated carbocycles. The van der Waals surface area contributed by atoms with Crippen LogP contribution in [0.2, 0.25) is 10.0 Å². The number of para-hydroxylation sites is 1. The van der Waals surface area contributed by atoms with E-state index >= 15 is 0 Å². The van der Waals surface area contributed by atoms with Gasteiger partial charge in [-0.3, -0.25) is 14.6 Å². The lowest BCUT2D eigenvalue weighted by atomic mass is 9.89. The summed E-state index contributed by atoms with van der Waals surface area (Å²) in [6, 6.07) is 22.6. The van der Waals surface area contributed by atoms with E-state index in [1.165, 1.54) is 5.01 Å². The minimum absolute atomic E-state index is 0.0724. The SMILES string of the molecule is Cc1nc2ccccc2c(-c2ccc(Cl)cc2)c1C1=NN(C(=O)CCCC(=O)O)C(c2ccccc2Cl)C1. The molecule has 0 aliphatic carbocycles. The maximum absolute atomic E-state index is 13.3. The number of hydrazone groups is 1. The number of carboxylic acids is 1. The van der Waals surface area contributed by atoms with Crippen molar-refractivity contribution in [2.45, 2.75) is 38.6 Å². The van der Waals surface area contributed by atoms with Crippen molar-refractivity contribution in [1.29, 1.82) is 0 Å².